The maximum Gasteiger partial charge on any atom is 0.335 e. The molecule has 0 atom stereocenters. The fourth-order valence-corrected chi connectivity index (χ4v) is 4.93. The Morgan fingerprint density at radius 1 is 0.881 bits per heavy atom. The Balaban J connectivity index is 1.35. The van der Waals surface area contributed by atoms with Gasteiger partial charge in [-0.25, -0.2) is 14.1 Å². The van der Waals surface area contributed by atoms with Crippen LogP contribution in [0.25, 0.3) is 6.08 Å². The van der Waals surface area contributed by atoms with Crippen LogP contribution < -0.4 is 19.7 Å². The SMILES string of the molecule is O=C1NC(=O)N(c2ccc(OCc3ccc(Cl)cc3Cl)cc2)C(=O)/C1=C/c1cc(Br)ccc1OCc1cccc(F)c1. The third kappa shape index (κ3) is 6.82. The van der Waals surface area contributed by atoms with Gasteiger partial charge < -0.3 is 9.47 Å². The minimum Gasteiger partial charge on any atom is -0.489 e. The van der Waals surface area contributed by atoms with Crippen LogP contribution in [0.3, 0.4) is 0 Å². The van der Waals surface area contributed by atoms with Gasteiger partial charge in [0.15, 0.2) is 0 Å². The fraction of sp³-hybridized carbons (Fsp3) is 0.0645. The Labute approximate surface area is 258 Å². The highest BCUT2D eigenvalue weighted by molar-refractivity contribution is 9.10. The molecule has 5 rings (SSSR count). The molecule has 1 aliphatic rings. The molecule has 0 spiro atoms. The van der Waals surface area contributed by atoms with Crippen molar-refractivity contribution in [2.45, 2.75) is 13.2 Å². The lowest BCUT2D eigenvalue weighted by atomic mass is 10.1. The molecule has 1 fully saturated rings. The summed E-state index contributed by atoms with van der Waals surface area (Å²) in [6.07, 6.45) is 1.34. The Hall–Kier alpha value is -4.18. The number of barbiturate groups is 1. The van der Waals surface area contributed by atoms with Crippen molar-refractivity contribution in [2.75, 3.05) is 4.90 Å². The third-order valence-electron chi connectivity index (χ3n) is 6.16. The third-order valence-corrected chi connectivity index (χ3v) is 7.24. The summed E-state index contributed by atoms with van der Waals surface area (Å²) in [6.45, 7) is 0.231. The molecule has 1 N–H and O–H groups in total. The van der Waals surface area contributed by atoms with Gasteiger partial charge in [0.05, 0.1) is 5.69 Å². The van der Waals surface area contributed by atoms with Crippen molar-refractivity contribution in [3.05, 3.63) is 128 Å². The zero-order chi connectivity index (χ0) is 29.8. The summed E-state index contributed by atoms with van der Waals surface area (Å²) < 4.78 is 25.9. The van der Waals surface area contributed by atoms with E-state index in [9.17, 15) is 18.8 Å². The summed E-state index contributed by atoms with van der Waals surface area (Å²) in [6, 6.07) is 21.4. The van der Waals surface area contributed by atoms with Gasteiger partial charge in [-0.2, -0.15) is 0 Å². The summed E-state index contributed by atoms with van der Waals surface area (Å²) in [5, 5.41) is 3.18. The molecule has 0 saturated carbocycles. The number of nitrogens with zero attached hydrogens (tertiary/aromatic N) is 1. The molecule has 4 aromatic rings. The predicted octanol–water partition coefficient (Wildman–Crippen LogP) is 7.72. The van der Waals surface area contributed by atoms with Gasteiger partial charge in [0.1, 0.15) is 36.1 Å². The Kier molecular flexibility index (Phi) is 8.91. The van der Waals surface area contributed by atoms with Crippen LogP contribution in [0, 0.1) is 5.82 Å². The molecule has 11 heteroatoms. The number of benzene rings is 4. The van der Waals surface area contributed by atoms with Crippen LogP contribution in [0.1, 0.15) is 16.7 Å². The van der Waals surface area contributed by atoms with Gasteiger partial charge >= 0.3 is 6.03 Å². The van der Waals surface area contributed by atoms with E-state index in [1.165, 1.54) is 30.3 Å². The van der Waals surface area contributed by atoms with E-state index in [4.69, 9.17) is 32.7 Å². The van der Waals surface area contributed by atoms with E-state index in [0.29, 0.717) is 37.1 Å². The summed E-state index contributed by atoms with van der Waals surface area (Å²) in [4.78, 5) is 39.8. The lowest BCUT2D eigenvalue weighted by Crippen LogP contribution is -2.54. The number of amides is 4. The standard InChI is InChI=1S/C31H20BrCl2FN2O5/c32-21-5-11-28(42-16-18-2-1-3-23(35)12-18)20(13-21)14-26-29(38)36-31(40)37(30(26)39)24-7-9-25(10-8-24)41-17-19-4-6-22(33)15-27(19)34/h1-15H,16-17H2,(H,36,38,40)/b26-14+. The predicted molar refractivity (Wildman–Crippen MR) is 161 cm³/mol. The normalized spacial score (nSPS) is 14.2. The van der Waals surface area contributed by atoms with Gasteiger partial charge in [-0.3, -0.25) is 14.9 Å². The zero-order valence-electron chi connectivity index (χ0n) is 21.6. The number of imide groups is 2. The minimum atomic E-state index is -0.888. The van der Waals surface area contributed by atoms with E-state index >= 15 is 0 Å². The van der Waals surface area contributed by atoms with Crippen LogP contribution in [0.4, 0.5) is 14.9 Å². The molecule has 0 radical (unpaired) electrons. The van der Waals surface area contributed by atoms with Crippen LogP contribution in [0.15, 0.2) is 95.0 Å². The largest absolute Gasteiger partial charge is 0.489 e. The first kappa shape index (κ1) is 29.3. The molecule has 0 bridgehead atoms. The number of nitrogens with one attached hydrogen (secondary N) is 1. The summed E-state index contributed by atoms with van der Waals surface area (Å²) in [7, 11) is 0. The Morgan fingerprint density at radius 2 is 1.67 bits per heavy atom. The monoisotopic (exact) mass is 668 g/mol. The first-order valence-electron chi connectivity index (χ1n) is 12.4. The van der Waals surface area contributed by atoms with Gasteiger partial charge in [-0.05, 0) is 78.4 Å². The van der Waals surface area contributed by atoms with Gasteiger partial charge in [-0.15, -0.1) is 0 Å². The molecule has 4 amide bonds. The average molecular weight is 670 g/mol. The molecule has 0 aliphatic carbocycles. The van der Waals surface area contributed by atoms with Crippen molar-refractivity contribution < 1.29 is 28.2 Å². The van der Waals surface area contributed by atoms with E-state index in [0.717, 1.165) is 10.5 Å². The minimum absolute atomic E-state index is 0.0545. The number of hydrogen-bond donors (Lipinski definition) is 1. The van der Waals surface area contributed by atoms with Crippen molar-refractivity contribution in [2.24, 2.45) is 0 Å². The lowest BCUT2D eigenvalue weighted by Gasteiger charge is -2.26. The van der Waals surface area contributed by atoms with Crippen LogP contribution in [-0.2, 0) is 22.8 Å². The van der Waals surface area contributed by atoms with Gasteiger partial charge in [0.2, 0.25) is 0 Å². The first-order chi connectivity index (χ1) is 20.2. The number of urea groups is 1. The van der Waals surface area contributed by atoms with Gasteiger partial charge in [0.25, 0.3) is 11.8 Å². The molecule has 1 heterocycles. The van der Waals surface area contributed by atoms with E-state index in [1.54, 1.807) is 60.7 Å². The van der Waals surface area contributed by atoms with Crippen molar-refractivity contribution in [1.82, 2.24) is 5.32 Å². The van der Waals surface area contributed by atoms with Crippen LogP contribution >= 0.6 is 39.1 Å². The quantitative estimate of drug-likeness (QED) is 0.153. The first-order valence-corrected chi connectivity index (χ1v) is 14.0. The number of carbonyl (C=O) groups is 3. The van der Waals surface area contributed by atoms with E-state index in [1.807, 2.05) is 0 Å². The molecule has 0 unspecified atom stereocenters. The van der Waals surface area contributed by atoms with Crippen LogP contribution in [0.2, 0.25) is 10.0 Å². The molecular weight excluding hydrogens is 650 g/mol. The van der Waals surface area contributed by atoms with Gasteiger partial charge in [0, 0.05) is 25.6 Å². The fourth-order valence-electron chi connectivity index (χ4n) is 4.09. The second kappa shape index (κ2) is 12.8. The topological polar surface area (TPSA) is 84.9 Å². The molecule has 42 heavy (non-hydrogen) atoms. The molecule has 7 nitrogen and oxygen atoms in total. The smallest absolute Gasteiger partial charge is 0.335 e. The highest BCUT2D eigenvalue weighted by atomic mass is 79.9. The van der Waals surface area contributed by atoms with E-state index in [-0.39, 0.29) is 24.5 Å². The molecular formula is C31H20BrCl2FN2O5. The molecule has 1 aliphatic heterocycles. The summed E-state index contributed by atoms with van der Waals surface area (Å²) in [5.74, 6) is -1.25. The number of anilines is 1. The van der Waals surface area contributed by atoms with E-state index in [2.05, 4.69) is 21.2 Å². The molecule has 0 aromatic heterocycles. The zero-order valence-corrected chi connectivity index (χ0v) is 24.7. The van der Waals surface area contributed by atoms with Crippen molar-refractivity contribution >= 4 is 68.7 Å². The molecule has 1 saturated heterocycles. The van der Waals surface area contributed by atoms with Crippen molar-refractivity contribution in [3.63, 3.8) is 0 Å². The highest BCUT2D eigenvalue weighted by Gasteiger charge is 2.37. The molecule has 212 valence electrons. The number of rotatable bonds is 8. The number of hydrogen-bond acceptors (Lipinski definition) is 5. The summed E-state index contributed by atoms with van der Waals surface area (Å²) in [5.41, 5.74) is 1.68. The Morgan fingerprint density at radius 3 is 2.40 bits per heavy atom. The summed E-state index contributed by atoms with van der Waals surface area (Å²) >= 11 is 15.5. The van der Waals surface area contributed by atoms with Crippen LogP contribution in [0.5, 0.6) is 11.5 Å². The average Bonchev–Trinajstić information content (AvgIpc) is 2.95. The van der Waals surface area contributed by atoms with Crippen LogP contribution in [-0.4, -0.2) is 17.8 Å². The lowest BCUT2D eigenvalue weighted by molar-refractivity contribution is -0.122. The van der Waals surface area contributed by atoms with Crippen molar-refractivity contribution in [1.29, 1.82) is 0 Å². The van der Waals surface area contributed by atoms with E-state index < -0.39 is 23.7 Å². The number of ether oxygens (including phenoxy) is 2. The maximum absolute atomic E-state index is 13.6. The van der Waals surface area contributed by atoms with Gasteiger partial charge in [-0.1, -0.05) is 57.3 Å². The number of halogens is 4. The Bertz CT molecular complexity index is 1730. The van der Waals surface area contributed by atoms with Crippen molar-refractivity contribution in [3.8, 4) is 11.5 Å². The number of carbonyl (C=O) groups excluding carboxylic acids is 3. The highest BCUT2D eigenvalue weighted by Crippen LogP contribution is 2.30. The second-order valence-electron chi connectivity index (χ2n) is 9.08. The second-order valence-corrected chi connectivity index (χ2v) is 10.8. The maximum atomic E-state index is 13.6. The molecule has 4 aromatic carbocycles.